The van der Waals surface area contributed by atoms with E-state index in [1.54, 1.807) is 11.1 Å². The molecule has 1 amide bonds. The molecule has 0 bridgehead atoms. The van der Waals surface area contributed by atoms with E-state index in [1.165, 1.54) is 0 Å². The van der Waals surface area contributed by atoms with Crippen molar-refractivity contribution in [3.05, 3.63) is 58.6 Å². The molecule has 1 saturated heterocycles. The Labute approximate surface area is 155 Å². The van der Waals surface area contributed by atoms with E-state index in [0.717, 1.165) is 15.7 Å². The van der Waals surface area contributed by atoms with E-state index in [0.29, 0.717) is 32.1 Å². The van der Waals surface area contributed by atoms with Crippen molar-refractivity contribution < 1.29 is 14.3 Å². The third-order valence-electron chi connectivity index (χ3n) is 3.78. The van der Waals surface area contributed by atoms with Crippen LogP contribution >= 0.6 is 15.9 Å². The maximum absolute atomic E-state index is 12.0. The molecule has 3 rings (SSSR count). The summed E-state index contributed by atoms with van der Waals surface area (Å²) in [6.45, 7) is 2.50. The van der Waals surface area contributed by atoms with Crippen molar-refractivity contribution in [2.45, 2.75) is 0 Å². The SMILES string of the molecule is O=C(COc1ccc(C=Nc2cccc(Br)c2)cc1)N1CCOCC1. The molecule has 2 aromatic rings. The largest absolute Gasteiger partial charge is 0.484 e. The van der Waals surface area contributed by atoms with Gasteiger partial charge in [0.05, 0.1) is 18.9 Å². The predicted molar refractivity (Wildman–Crippen MR) is 101 cm³/mol. The van der Waals surface area contributed by atoms with Crippen LogP contribution in [-0.4, -0.2) is 49.9 Å². The Morgan fingerprint density at radius 2 is 1.96 bits per heavy atom. The normalized spacial score (nSPS) is 14.7. The molecule has 25 heavy (non-hydrogen) atoms. The number of carbonyl (C=O) groups is 1. The molecule has 0 aliphatic carbocycles. The van der Waals surface area contributed by atoms with Crippen LogP contribution in [0.15, 0.2) is 58.0 Å². The summed E-state index contributed by atoms with van der Waals surface area (Å²) < 4.78 is 11.8. The van der Waals surface area contributed by atoms with Gasteiger partial charge in [-0.15, -0.1) is 0 Å². The van der Waals surface area contributed by atoms with E-state index in [2.05, 4.69) is 20.9 Å². The molecule has 6 heteroatoms. The molecule has 1 aliphatic rings. The van der Waals surface area contributed by atoms with Gasteiger partial charge in [-0.3, -0.25) is 9.79 Å². The molecule has 1 aliphatic heterocycles. The molecular weight excluding hydrogens is 384 g/mol. The summed E-state index contributed by atoms with van der Waals surface area (Å²) in [7, 11) is 0. The Hall–Kier alpha value is -2.18. The molecule has 1 fully saturated rings. The molecule has 0 N–H and O–H groups in total. The van der Waals surface area contributed by atoms with Gasteiger partial charge in [-0.25, -0.2) is 0 Å². The van der Waals surface area contributed by atoms with E-state index in [9.17, 15) is 4.79 Å². The number of nitrogens with zero attached hydrogens (tertiary/aromatic N) is 2. The number of rotatable bonds is 5. The minimum atomic E-state index is -0.0106. The minimum Gasteiger partial charge on any atom is -0.484 e. The van der Waals surface area contributed by atoms with Crippen LogP contribution in [0.2, 0.25) is 0 Å². The van der Waals surface area contributed by atoms with Crippen LogP contribution < -0.4 is 4.74 Å². The summed E-state index contributed by atoms with van der Waals surface area (Å²) in [6.07, 6.45) is 1.80. The van der Waals surface area contributed by atoms with Crippen LogP contribution in [0.1, 0.15) is 5.56 Å². The van der Waals surface area contributed by atoms with Gasteiger partial charge in [-0.2, -0.15) is 0 Å². The lowest BCUT2D eigenvalue weighted by Gasteiger charge is -2.26. The summed E-state index contributed by atoms with van der Waals surface area (Å²) in [6, 6.07) is 15.3. The van der Waals surface area contributed by atoms with Crippen LogP contribution in [0.25, 0.3) is 0 Å². The predicted octanol–water partition coefficient (Wildman–Crippen LogP) is 3.44. The zero-order valence-corrected chi connectivity index (χ0v) is 15.3. The molecule has 5 nitrogen and oxygen atoms in total. The first kappa shape index (κ1) is 17.6. The fraction of sp³-hybridized carbons (Fsp3) is 0.263. The first-order valence-corrected chi connectivity index (χ1v) is 8.88. The van der Waals surface area contributed by atoms with Gasteiger partial charge in [0, 0.05) is 23.8 Å². The smallest absolute Gasteiger partial charge is 0.260 e. The molecule has 0 atom stereocenters. The molecule has 0 unspecified atom stereocenters. The number of carbonyl (C=O) groups excluding carboxylic acids is 1. The Morgan fingerprint density at radius 3 is 2.68 bits per heavy atom. The number of amides is 1. The van der Waals surface area contributed by atoms with Crippen LogP contribution in [-0.2, 0) is 9.53 Å². The van der Waals surface area contributed by atoms with Gasteiger partial charge in [-0.1, -0.05) is 22.0 Å². The third-order valence-corrected chi connectivity index (χ3v) is 4.27. The summed E-state index contributed by atoms with van der Waals surface area (Å²) in [5.41, 5.74) is 1.85. The van der Waals surface area contributed by atoms with E-state index < -0.39 is 0 Å². The Bertz CT molecular complexity index is 741. The van der Waals surface area contributed by atoms with E-state index >= 15 is 0 Å². The fourth-order valence-electron chi connectivity index (χ4n) is 2.40. The molecule has 1 heterocycles. The fourth-order valence-corrected chi connectivity index (χ4v) is 2.79. The highest BCUT2D eigenvalue weighted by Crippen LogP contribution is 2.18. The molecular formula is C19H19BrN2O3. The summed E-state index contributed by atoms with van der Waals surface area (Å²) in [5, 5.41) is 0. The van der Waals surface area contributed by atoms with Gasteiger partial charge in [0.25, 0.3) is 5.91 Å². The average Bonchev–Trinajstić information content (AvgIpc) is 2.66. The number of ether oxygens (including phenoxy) is 2. The monoisotopic (exact) mass is 402 g/mol. The summed E-state index contributed by atoms with van der Waals surface area (Å²) >= 11 is 3.43. The quantitative estimate of drug-likeness (QED) is 0.719. The van der Waals surface area contributed by atoms with Gasteiger partial charge < -0.3 is 14.4 Å². The van der Waals surface area contributed by atoms with Gasteiger partial charge in [0.15, 0.2) is 6.61 Å². The maximum Gasteiger partial charge on any atom is 0.260 e. The van der Waals surface area contributed by atoms with E-state index in [4.69, 9.17) is 9.47 Å². The molecule has 2 aromatic carbocycles. The molecule has 0 radical (unpaired) electrons. The van der Waals surface area contributed by atoms with Gasteiger partial charge in [-0.05, 0) is 48.0 Å². The highest BCUT2D eigenvalue weighted by Gasteiger charge is 2.16. The topological polar surface area (TPSA) is 51.1 Å². The number of hydrogen-bond acceptors (Lipinski definition) is 4. The second-order valence-corrected chi connectivity index (χ2v) is 6.50. The Kier molecular flexibility index (Phi) is 6.19. The van der Waals surface area contributed by atoms with Crippen molar-refractivity contribution in [2.24, 2.45) is 4.99 Å². The molecule has 0 aromatic heterocycles. The lowest BCUT2D eigenvalue weighted by Crippen LogP contribution is -2.42. The zero-order chi connectivity index (χ0) is 17.5. The highest BCUT2D eigenvalue weighted by atomic mass is 79.9. The van der Waals surface area contributed by atoms with Crippen LogP contribution in [0.5, 0.6) is 5.75 Å². The second kappa shape index (κ2) is 8.78. The Balaban J connectivity index is 1.52. The number of halogens is 1. The van der Waals surface area contributed by atoms with Crippen molar-refractivity contribution in [3.8, 4) is 5.75 Å². The first-order chi connectivity index (χ1) is 12.2. The number of hydrogen-bond donors (Lipinski definition) is 0. The van der Waals surface area contributed by atoms with Crippen LogP contribution in [0.3, 0.4) is 0 Å². The van der Waals surface area contributed by atoms with Crippen molar-refractivity contribution in [2.75, 3.05) is 32.9 Å². The van der Waals surface area contributed by atoms with Gasteiger partial charge in [0.2, 0.25) is 0 Å². The molecule has 0 spiro atoms. The van der Waals surface area contributed by atoms with Crippen molar-refractivity contribution in [1.29, 1.82) is 0 Å². The van der Waals surface area contributed by atoms with E-state index in [-0.39, 0.29) is 12.5 Å². The van der Waals surface area contributed by atoms with Crippen LogP contribution in [0, 0.1) is 0 Å². The van der Waals surface area contributed by atoms with Crippen molar-refractivity contribution >= 4 is 33.7 Å². The van der Waals surface area contributed by atoms with Crippen molar-refractivity contribution in [1.82, 2.24) is 4.90 Å². The second-order valence-electron chi connectivity index (χ2n) is 5.59. The van der Waals surface area contributed by atoms with E-state index in [1.807, 2.05) is 48.5 Å². The standard InChI is InChI=1S/C19H19BrN2O3/c20-16-2-1-3-17(12-16)21-13-15-4-6-18(7-5-15)25-14-19(23)22-8-10-24-11-9-22/h1-7,12-13H,8-11,14H2. The Morgan fingerprint density at radius 1 is 1.20 bits per heavy atom. The van der Waals surface area contributed by atoms with Crippen LogP contribution in [0.4, 0.5) is 5.69 Å². The number of morpholine rings is 1. The summed E-state index contributed by atoms with van der Waals surface area (Å²) in [5.74, 6) is 0.657. The average molecular weight is 403 g/mol. The van der Waals surface area contributed by atoms with Gasteiger partial charge in [0.1, 0.15) is 5.75 Å². The summed E-state index contributed by atoms with van der Waals surface area (Å²) in [4.78, 5) is 18.2. The lowest BCUT2D eigenvalue weighted by molar-refractivity contribution is -0.137. The lowest BCUT2D eigenvalue weighted by atomic mass is 10.2. The maximum atomic E-state index is 12.0. The zero-order valence-electron chi connectivity index (χ0n) is 13.7. The first-order valence-electron chi connectivity index (χ1n) is 8.09. The van der Waals surface area contributed by atoms with Gasteiger partial charge >= 0.3 is 0 Å². The molecule has 0 saturated carbocycles. The molecule has 130 valence electrons. The number of benzene rings is 2. The van der Waals surface area contributed by atoms with Crippen molar-refractivity contribution in [3.63, 3.8) is 0 Å². The highest BCUT2D eigenvalue weighted by molar-refractivity contribution is 9.10. The third kappa shape index (κ3) is 5.41. The number of aliphatic imine (C=N–C) groups is 1. The minimum absolute atomic E-state index is 0.0106.